The Hall–Kier alpha value is -1.35. The Kier molecular flexibility index (Phi) is 4.99. The second-order valence-corrected chi connectivity index (χ2v) is 4.00. The lowest BCUT2D eigenvalue weighted by atomic mass is 10.0. The number of aliphatic hydroxyl groups is 1. The molecule has 0 aliphatic rings. The second kappa shape index (κ2) is 6.28. The van der Waals surface area contributed by atoms with Crippen LogP contribution < -0.4 is 5.32 Å². The Labute approximate surface area is 96.5 Å². The number of carbonyl (C=O) groups excluding carboxylic acids is 1. The van der Waals surface area contributed by atoms with Crippen LogP contribution in [0.1, 0.15) is 23.1 Å². The van der Waals surface area contributed by atoms with Crippen LogP contribution in [0, 0.1) is 13.8 Å². The fourth-order valence-electron chi connectivity index (χ4n) is 1.66. The Morgan fingerprint density at radius 3 is 2.75 bits per heavy atom. The molecule has 3 nitrogen and oxygen atoms in total. The average Bonchev–Trinajstić information content (AvgIpc) is 2.25. The van der Waals surface area contributed by atoms with Gasteiger partial charge in [0, 0.05) is 13.0 Å². The molecule has 1 rings (SSSR count). The van der Waals surface area contributed by atoms with Crippen LogP contribution in [-0.4, -0.2) is 24.2 Å². The van der Waals surface area contributed by atoms with Crippen molar-refractivity contribution in [3.8, 4) is 0 Å². The monoisotopic (exact) mass is 221 g/mol. The summed E-state index contributed by atoms with van der Waals surface area (Å²) in [6.45, 7) is 4.46. The minimum atomic E-state index is -0.00553. The third-order valence-electron chi connectivity index (χ3n) is 2.55. The van der Waals surface area contributed by atoms with Crippen LogP contribution in [0.5, 0.6) is 0 Å². The van der Waals surface area contributed by atoms with Gasteiger partial charge in [0.1, 0.15) is 0 Å². The van der Waals surface area contributed by atoms with Crippen molar-refractivity contribution in [3.63, 3.8) is 0 Å². The maximum Gasteiger partial charge on any atom is 0.220 e. The first kappa shape index (κ1) is 12.7. The molecule has 0 aromatic heterocycles. The Morgan fingerprint density at radius 2 is 2.12 bits per heavy atom. The van der Waals surface area contributed by atoms with E-state index in [1.54, 1.807) is 0 Å². The van der Waals surface area contributed by atoms with E-state index in [0.29, 0.717) is 13.0 Å². The highest BCUT2D eigenvalue weighted by Crippen LogP contribution is 2.12. The maximum atomic E-state index is 11.3. The molecule has 0 saturated heterocycles. The quantitative estimate of drug-likeness (QED) is 0.788. The summed E-state index contributed by atoms with van der Waals surface area (Å²) in [4.78, 5) is 11.3. The van der Waals surface area contributed by atoms with Gasteiger partial charge in [-0.15, -0.1) is 0 Å². The minimum Gasteiger partial charge on any atom is -0.395 e. The second-order valence-electron chi connectivity index (χ2n) is 4.00. The highest BCUT2D eigenvalue weighted by atomic mass is 16.3. The number of nitrogens with one attached hydrogen (secondary N) is 1. The van der Waals surface area contributed by atoms with Crippen LogP contribution in [0.3, 0.4) is 0 Å². The van der Waals surface area contributed by atoms with E-state index in [1.807, 2.05) is 0 Å². The van der Waals surface area contributed by atoms with E-state index >= 15 is 0 Å². The van der Waals surface area contributed by atoms with Gasteiger partial charge < -0.3 is 10.4 Å². The third-order valence-corrected chi connectivity index (χ3v) is 2.55. The first-order valence-electron chi connectivity index (χ1n) is 5.57. The minimum absolute atomic E-state index is 0.00466. The number of rotatable bonds is 5. The van der Waals surface area contributed by atoms with Crippen molar-refractivity contribution >= 4 is 5.91 Å². The summed E-state index contributed by atoms with van der Waals surface area (Å²) in [6, 6.07) is 6.26. The topological polar surface area (TPSA) is 49.3 Å². The van der Waals surface area contributed by atoms with Crippen molar-refractivity contribution in [3.05, 3.63) is 34.9 Å². The van der Waals surface area contributed by atoms with E-state index < -0.39 is 0 Å². The van der Waals surface area contributed by atoms with Crippen LogP contribution in [0.2, 0.25) is 0 Å². The number of benzene rings is 1. The molecule has 16 heavy (non-hydrogen) atoms. The summed E-state index contributed by atoms with van der Waals surface area (Å²) in [7, 11) is 0. The van der Waals surface area contributed by atoms with Crippen LogP contribution in [-0.2, 0) is 11.2 Å². The molecule has 0 atom stereocenters. The number of aliphatic hydroxyl groups excluding tert-OH is 1. The van der Waals surface area contributed by atoms with Gasteiger partial charge in [-0.1, -0.05) is 23.8 Å². The Morgan fingerprint density at radius 1 is 1.38 bits per heavy atom. The maximum absolute atomic E-state index is 11.3. The lowest BCUT2D eigenvalue weighted by molar-refractivity contribution is -0.121. The zero-order chi connectivity index (χ0) is 12.0. The van der Waals surface area contributed by atoms with Crippen LogP contribution >= 0.6 is 0 Å². The molecule has 1 aromatic rings. The molecule has 0 fully saturated rings. The smallest absolute Gasteiger partial charge is 0.220 e. The summed E-state index contributed by atoms with van der Waals surface area (Å²) in [6.07, 6.45) is 1.23. The zero-order valence-corrected chi connectivity index (χ0v) is 9.92. The largest absolute Gasteiger partial charge is 0.395 e. The average molecular weight is 221 g/mol. The van der Waals surface area contributed by atoms with Crippen LogP contribution in [0.25, 0.3) is 0 Å². The summed E-state index contributed by atoms with van der Waals surface area (Å²) in [5, 5.41) is 11.2. The first-order valence-corrected chi connectivity index (χ1v) is 5.57. The highest BCUT2D eigenvalue weighted by Gasteiger charge is 2.03. The highest BCUT2D eigenvalue weighted by molar-refractivity contribution is 5.76. The summed E-state index contributed by atoms with van der Waals surface area (Å²) in [5.74, 6) is -0.00553. The third kappa shape index (κ3) is 4.03. The molecule has 0 aliphatic carbocycles. The standard InChI is InChI=1S/C13H19NO2/c1-10-3-4-12(11(2)9-10)5-6-13(16)14-7-8-15/h3-4,9,15H,5-8H2,1-2H3,(H,14,16). The lowest BCUT2D eigenvalue weighted by Crippen LogP contribution is -2.26. The van der Waals surface area contributed by atoms with E-state index in [1.165, 1.54) is 16.7 Å². The number of amides is 1. The molecule has 1 amide bonds. The van der Waals surface area contributed by atoms with Crippen LogP contribution in [0.4, 0.5) is 0 Å². The van der Waals surface area contributed by atoms with Gasteiger partial charge in [0.2, 0.25) is 5.91 Å². The van der Waals surface area contributed by atoms with Crippen molar-refractivity contribution in [1.29, 1.82) is 0 Å². The van der Waals surface area contributed by atoms with Crippen LogP contribution in [0.15, 0.2) is 18.2 Å². The first-order chi connectivity index (χ1) is 7.63. The lowest BCUT2D eigenvalue weighted by Gasteiger charge is -2.07. The van der Waals surface area contributed by atoms with Gasteiger partial charge in [-0.25, -0.2) is 0 Å². The Bertz CT molecular complexity index is 361. The van der Waals surface area contributed by atoms with Crippen molar-refractivity contribution in [2.24, 2.45) is 0 Å². The molecule has 0 bridgehead atoms. The van der Waals surface area contributed by atoms with Gasteiger partial charge in [0.05, 0.1) is 6.61 Å². The number of hydrogen-bond donors (Lipinski definition) is 2. The number of hydrogen-bond acceptors (Lipinski definition) is 2. The summed E-state index contributed by atoms with van der Waals surface area (Å²) < 4.78 is 0. The SMILES string of the molecule is Cc1ccc(CCC(=O)NCCO)c(C)c1. The van der Waals surface area contributed by atoms with E-state index in [9.17, 15) is 4.79 Å². The molecule has 3 heteroatoms. The molecule has 0 radical (unpaired) electrons. The molecule has 0 spiro atoms. The molecular weight excluding hydrogens is 202 g/mol. The van der Waals surface area contributed by atoms with Gasteiger partial charge in [-0.3, -0.25) is 4.79 Å². The van der Waals surface area contributed by atoms with E-state index in [-0.39, 0.29) is 12.5 Å². The van der Waals surface area contributed by atoms with Crippen molar-refractivity contribution in [2.75, 3.05) is 13.2 Å². The van der Waals surface area contributed by atoms with Gasteiger partial charge in [-0.05, 0) is 31.4 Å². The molecule has 0 saturated carbocycles. The number of carbonyl (C=O) groups is 1. The predicted octanol–water partition coefficient (Wildman–Crippen LogP) is 1.34. The van der Waals surface area contributed by atoms with Crippen molar-refractivity contribution < 1.29 is 9.90 Å². The molecular formula is C13H19NO2. The van der Waals surface area contributed by atoms with Gasteiger partial charge in [0.15, 0.2) is 0 Å². The normalized spacial score (nSPS) is 10.2. The fraction of sp³-hybridized carbons (Fsp3) is 0.462. The molecule has 0 heterocycles. The molecule has 2 N–H and O–H groups in total. The van der Waals surface area contributed by atoms with Gasteiger partial charge >= 0.3 is 0 Å². The van der Waals surface area contributed by atoms with E-state index in [0.717, 1.165) is 6.42 Å². The van der Waals surface area contributed by atoms with E-state index in [4.69, 9.17) is 5.11 Å². The summed E-state index contributed by atoms with van der Waals surface area (Å²) in [5.41, 5.74) is 3.69. The van der Waals surface area contributed by atoms with Gasteiger partial charge in [0.25, 0.3) is 0 Å². The van der Waals surface area contributed by atoms with Gasteiger partial charge in [-0.2, -0.15) is 0 Å². The van der Waals surface area contributed by atoms with E-state index in [2.05, 4.69) is 37.4 Å². The number of aryl methyl sites for hydroxylation is 3. The van der Waals surface area contributed by atoms with Crippen molar-refractivity contribution in [1.82, 2.24) is 5.32 Å². The molecule has 0 unspecified atom stereocenters. The molecule has 1 aromatic carbocycles. The summed E-state index contributed by atoms with van der Waals surface area (Å²) >= 11 is 0. The zero-order valence-electron chi connectivity index (χ0n) is 9.92. The molecule has 0 aliphatic heterocycles. The fourth-order valence-corrected chi connectivity index (χ4v) is 1.66. The predicted molar refractivity (Wildman–Crippen MR) is 64.3 cm³/mol. The van der Waals surface area contributed by atoms with Crippen molar-refractivity contribution in [2.45, 2.75) is 26.7 Å². The molecule has 88 valence electrons. The Balaban J connectivity index is 2.45.